The molecule has 0 saturated heterocycles. The lowest BCUT2D eigenvalue weighted by Gasteiger charge is -2.13. The van der Waals surface area contributed by atoms with Gasteiger partial charge in [-0.15, -0.1) is 0 Å². The summed E-state index contributed by atoms with van der Waals surface area (Å²) in [5.74, 6) is -0.0753. The van der Waals surface area contributed by atoms with Crippen LogP contribution in [-0.4, -0.2) is 25.2 Å². The number of nitrogens with one attached hydrogen (secondary N) is 1. The molecule has 1 atom stereocenters. The molecule has 0 aromatic rings. The molecule has 0 aliphatic carbocycles. The highest BCUT2D eigenvalue weighted by molar-refractivity contribution is 5.79. The van der Waals surface area contributed by atoms with Crippen LogP contribution >= 0.6 is 0 Å². The van der Waals surface area contributed by atoms with Crippen molar-refractivity contribution < 1.29 is 9.53 Å². The van der Waals surface area contributed by atoms with E-state index in [1.54, 1.807) is 14.0 Å². The largest absolute Gasteiger partial charge is 0.366 e. The summed E-state index contributed by atoms with van der Waals surface area (Å²) in [6.07, 6.45) is -0.239. The maximum Gasteiger partial charge on any atom is 0.248 e. The highest BCUT2D eigenvalue weighted by atomic mass is 16.5. The molecule has 0 aromatic carbocycles. The first kappa shape index (κ1) is 9.43. The zero-order valence-corrected chi connectivity index (χ0v) is 6.97. The van der Waals surface area contributed by atoms with Crippen molar-refractivity contribution in [1.29, 1.82) is 0 Å². The molecule has 1 N–H and O–H groups in total. The van der Waals surface area contributed by atoms with Crippen molar-refractivity contribution in [3.8, 4) is 0 Å². The number of hydrogen-bond donors (Lipinski definition) is 1. The minimum Gasteiger partial charge on any atom is -0.366 e. The molecule has 1 amide bonds. The smallest absolute Gasteiger partial charge is 0.248 e. The van der Waals surface area contributed by atoms with E-state index in [1.165, 1.54) is 0 Å². The summed E-state index contributed by atoms with van der Waals surface area (Å²) in [7, 11) is 1.60. The third-order valence-electron chi connectivity index (χ3n) is 1.09. The standard InChI is InChI=1S/C7H15NO2/c1-5(2)10-6(3)7(9)8-4/h5-6H,1-4H3,(H,8,9). The highest BCUT2D eigenvalue weighted by Gasteiger charge is 2.11. The Kier molecular flexibility index (Phi) is 4.03. The fraction of sp³-hybridized carbons (Fsp3) is 0.857. The van der Waals surface area contributed by atoms with E-state index in [9.17, 15) is 4.79 Å². The number of rotatable bonds is 3. The second-order valence-electron chi connectivity index (χ2n) is 2.44. The Bertz CT molecular complexity index is 112. The van der Waals surface area contributed by atoms with Crippen LogP contribution in [0.4, 0.5) is 0 Å². The van der Waals surface area contributed by atoms with Gasteiger partial charge < -0.3 is 10.1 Å². The van der Waals surface area contributed by atoms with Gasteiger partial charge in [0.15, 0.2) is 0 Å². The van der Waals surface area contributed by atoms with E-state index in [2.05, 4.69) is 5.32 Å². The molecule has 0 aromatic heterocycles. The van der Waals surface area contributed by atoms with Gasteiger partial charge in [-0.05, 0) is 20.8 Å². The monoisotopic (exact) mass is 145 g/mol. The Morgan fingerprint density at radius 1 is 1.40 bits per heavy atom. The number of carbonyl (C=O) groups is 1. The first-order valence-electron chi connectivity index (χ1n) is 3.45. The van der Waals surface area contributed by atoms with Gasteiger partial charge in [0, 0.05) is 7.05 Å². The molecule has 0 spiro atoms. The molecule has 0 radical (unpaired) electrons. The SMILES string of the molecule is CNC(=O)C(C)OC(C)C. The minimum absolute atomic E-state index is 0.0753. The Balaban J connectivity index is 3.61. The molecule has 0 bridgehead atoms. The predicted octanol–water partition coefficient (Wildman–Crippen LogP) is 0.546. The zero-order valence-electron chi connectivity index (χ0n) is 6.97. The fourth-order valence-electron chi connectivity index (χ4n) is 0.673. The molecule has 60 valence electrons. The average molecular weight is 145 g/mol. The van der Waals surface area contributed by atoms with Crippen LogP contribution in [0.3, 0.4) is 0 Å². The van der Waals surface area contributed by atoms with Crippen LogP contribution in [0.15, 0.2) is 0 Å². The van der Waals surface area contributed by atoms with E-state index in [4.69, 9.17) is 4.74 Å². The summed E-state index contributed by atoms with van der Waals surface area (Å²) in [4.78, 5) is 10.8. The van der Waals surface area contributed by atoms with Crippen LogP contribution in [0, 0.1) is 0 Å². The van der Waals surface area contributed by atoms with E-state index >= 15 is 0 Å². The van der Waals surface area contributed by atoms with E-state index in [-0.39, 0.29) is 18.1 Å². The molecule has 1 unspecified atom stereocenters. The van der Waals surface area contributed by atoms with E-state index in [0.717, 1.165) is 0 Å². The summed E-state index contributed by atoms with van der Waals surface area (Å²) in [5, 5.41) is 2.51. The molecule has 10 heavy (non-hydrogen) atoms. The van der Waals surface area contributed by atoms with Crippen molar-refractivity contribution in [3.63, 3.8) is 0 Å². The summed E-state index contributed by atoms with van der Waals surface area (Å²) in [6, 6.07) is 0. The molecule has 0 aliphatic rings. The van der Waals surface area contributed by atoms with Gasteiger partial charge in [0.1, 0.15) is 6.10 Å². The van der Waals surface area contributed by atoms with Gasteiger partial charge in [0.05, 0.1) is 6.10 Å². The second kappa shape index (κ2) is 4.28. The van der Waals surface area contributed by atoms with Crippen molar-refractivity contribution in [1.82, 2.24) is 5.32 Å². The first-order valence-corrected chi connectivity index (χ1v) is 3.45. The van der Waals surface area contributed by atoms with Gasteiger partial charge in [0.25, 0.3) is 0 Å². The summed E-state index contributed by atoms with van der Waals surface area (Å²) in [5.41, 5.74) is 0. The molecule has 0 heterocycles. The van der Waals surface area contributed by atoms with Crippen molar-refractivity contribution in [2.24, 2.45) is 0 Å². The van der Waals surface area contributed by atoms with Crippen molar-refractivity contribution >= 4 is 5.91 Å². The predicted molar refractivity (Wildman–Crippen MR) is 39.7 cm³/mol. The lowest BCUT2D eigenvalue weighted by Crippen LogP contribution is -2.33. The van der Waals surface area contributed by atoms with Gasteiger partial charge in [-0.2, -0.15) is 0 Å². The van der Waals surface area contributed by atoms with Gasteiger partial charge in [-0.3, -0.25) is 4.79 Å². The number of ether oxygens (including phenoxy) is 1. The quantitative estimate of drug-likeness (QED) is 0.629. The van der Waals surface area contributed by atoms with Gasteiger partial charge >= 0.3 is 0 Å². The third-order valence-corrected chi connectivity index (χ3v) is 1.09. The van der Waals surface area contributed by atoms with Crippen LogP contribution in [0.25, 0.3) is 0 Å². The maximum atomic E-state index is 10.8. The van der Waals surface area contributed by atoms with E-state index in [1.807, 2.05) is 13.8 Å². The van der Waals surface area contributed by atoms with Crippen LogP contribution in [0.1, 0.15) is 20.8 Å². The molecule has 3 heteroatoms. The van der Waals surface area contributed by atoms with Crippen molar-refractivity contribution in [3.05, 3.63) is 0 Å². The highest BCUT2D eigenvalue weighted by Crippen LogP contribution is 1.95. The fourth-order valence-corrected chi connectivity index (χ4v) is 0.673. The topological polar surface area (TPSA) is 38.3 Å². The minimum atomic E-state index is -0.343. The van der Waals surface area contributed by atoms with Gasteiger partial charge in [-0.25, -0.2) is 0 Å². The summed E-state index contributed by atoms with van der Waals surface area (Å²) >= 11 is 0. The van der Waals surface area contributed by atoms with Gasteiger partial charge in [-0.1, -0.05) is 0 Å². The Morgan fingerprint density at radius 3 is 2.20 bits per heavy atom. The van der Waals surface area contributed by atoms with E-state index < -0.39 is 0 Å². The summed E-state index contributed by atoms with van der Waals surface area (Å²) in [6.45, 7) is 5.54. The Morgan fingerprint density at radius 2 is 1.90 bits per heavy atom. The molecule has 0 fully saturated rings. The van der Waals surface area contributed by atoms with Crippen LogP contribution in [-0.2, 0) is 9.53 Å². The number of amides is 1. The molecule has 0 saturated carbocycles. The van der Waals surface area contributed by atoms with Crippen LogP contribution < -0.4 is 5.32 Å². The van der Waals surface area contributed by atoms with E-state index in [0.29, 0.717) is 0 Å². The average Bonchev–Trinajstić information content (AvgIpc) is 1.85. The number of hydrogen-bond acceptors (Lipinski definition) is 2. The normalized spacial score (nSPS) is 13.3. The molecular formula is C7H15NO2. The summed E-state index contributed by atoms with van der Waals surface area (Å²) < 4.78 is 5.19. The molecule has 0 rings (SSSR count). The molecule has 0 aliphatic heterocycles. The third kappa shape index (κ3) is 3.45. The Labute approximate surface area is 61.8 Å². The zero-order chi connectivity index (χ0) is 8.15. The van der Waals surface area contributed by atoms with Crippen LogP contribution in [0.2, 0.25) is 0 Å². The number of carbonyl (C=O) groups excluding carboxylic acids is 1. The molecule has 3 nitrogen and oxygen atoms in total. The lowest BCUT2D eigenvalue weighted by atomic mass is 10.3. The number of likely N-dealkylation sites (N-methyl/N-ethyl adjacent to an activating group) is 1. The second-order valence-corrected chi connectivity index (χ2v) is 2.44. The molecular weight excluding hydrogens is 130 g/mol. The first-order chi connectivity index (χ1) is 4.57. The maximum absolute atomic E-state index is 10.8. The van der Waals surface area contributed by atoms with Crippen molar-refractivity contribution in [2.45, 2.75) is 33.0 Å². The van der Waals surface area contributed by atoms with Crippen molar-refractivity contribution in [2.75, 3.05) is 7.05 Å². The van der Waals surface area contributed by atoms with Crippen LogP contribution in [0.5, 0.6) is 0 Å². The van der Waals surface area contributed by atoms with Gasteiger partial charge in [0.2, 0.25) is 5.91 Å². The lowest BCUT2D eigenvalue weighted by molar-refractivity contribution is -0.133. The Hall–Kier alpha value is -0.570.